The Morgan fingerprint density at radius 3 is 2.20 bits per heavy atom. The molecule has 0 N–H and O–H groups in total. The Balaban J connectivity index is 1.54. The number of carbonyl (C=O) groups excluding carboxylic acids is 1. The molecule has 0 spiro atoms. The van der Waals surface area contributed by atoms with E-state index in [1.165, 1.54) is 7.05 Å². The van der Waals surface area contributed by atoms with Crippen molar-refractivity contribution in [3.05, 3.63) is 38.7 Å². The molecule has 0 radical (unpaired) electrons. The zero-order chi connectivity index (χ0) is 21.4. The molecule has 4 aliphatic rings. The van der Waals surface area contributed by atoms with Crippen molar-refractivity contribution >= 4 is 16.8 Å². The van der Waals surface area contributed by atoms with Gasteiger partial charge in [0.15, 0.2) is 5.78 Å². The number of aromatic nitrogens is 3. The molecule has 0 unspecified atom stereocenters. The van der Waals surface area contributed by atoms with E-state index >= 15 is 0 Å². The monoisotopic (exact) mass is 421 g/mol. The van der Waals surface area contributed by atoms with Crippen molar-refractivity contribution in [1.29, 1.82) is 0 Å². The number of rotatable bonds is 3. The van der Waals surface area contributed by atoms with Crippen LogP contribution in [0.4, 0.5) is 13.2 Å². The first-order chi connectivity index (χ1) is 14.1. The summed E-state index contributed by atoms with van der Waals surface area (Å²) in [4.78, 5) is 42.5. The van der Waals surface area contributed by atoms with E-state index in [1.54, 1.807) is 0 Å². The summed E-state index contributed by atoms with van der Waals surface area (Å²) in [6.07, 6.45) is 1.25. The molecule has 2 heterocycles. The van der Waals surface area contributed by atoms with Crippen LogP contribution in [0.2, 0.25) is 0 Å². The van der Waals surface area contributed by atoms with Gasteiger partial charge in [-0.05, 0) is 68.4 Å². The molecule has 0 aromatic carbocycles. The zero-order valence-electron chi connectivity index (χ0n) is 16.5. The quantitative estimate of drug-likeness (QED) is 0.764. The molecule has 2 aromatic rings. The number of hydrogen-bond acceptors (Lipinski definition) is 4. The molecule has 4 fully saturated rings. The van der Waals surface area contributed by atoms with Crippen molar-refractivity contribution in [2.24, 2.45) is 30.2 Å². The number of hydrogen-bond donors (Lipinski definition) is 0. The minimum Gasteiger partial charge on any atom is -0.297 e. The van der Waals surface area contributed by atoms with Crippen LogP contribution in [0.1, 0.15) is 44.2 Å². The van der Waals surface area contributed by atoms with Crippen molar-refractivity contribution in [2.75, 3.05) is 0 Å². The van der Waals surface area contributed by atoms with Crippen molar-refractivity contribution in [1.82, 2.24) is 14.1 Å². The molecule has 4 aliphatic carbocycles. The molecule has 0 amide bonds. The third-order valence-corrected chi connectivity index (χ3v) is 7.41. The van der Waals surface area contributed by atoms with Gasteiger partial charge in [0.25, 0.3) is 5.56 Å². The van der Waals surface area contributed by atoms with Crippen molar-refractivity contribution < 1.29 is 18.0 Å². The summed E-state index contributed by atoms with van der Waals surface area (Å²) < 4.78 is 40.7. The van der Waals surface area contributed by atoms with E-state index in [-0.39, 0.29) is 23.4 Å². The Morgan fingerprint density at radius 2 is 1.67 bits per heavy atom. The second-order valence-corrected chi connectivity index (χ2v) is 9.42. The molecule has 0 atom stereocenters. The number of Topliss-reactive ketones (excluding diaryl/α,β-unsaturated/α-hetero) is 1. The molecule has 30 heavy (non-hydrogen) atoms. The maximum Gasteiger partial charge on any atom is 0.433 e. The number of alkyl halides is 3. The van der Waals surface area contributed by atoms with Gasteiger partial charge in [-0.2, -0.15) is 13.2 Å². The van der Waals surface area contributed by atoms with Gasteiger partial charge in [-0.3, -0.25) is 18.7 Å². The molecule has 9 heteroatoms. The van der Waals surface area contributed by atoms with Crippen LogP contribution in [0.5, 0.6) is 0 Å². The van der Waals surface area contributed by atoms with Crippen LogP contribution >= 0.6 is 0 Å². The van der Waals surface area contributed by atoms with Gasteiger partial charge in [0.2, 0.25) is 0 Å². The van der Waals surface area contributed by atoms with Crippen molar-refractivity contribution in [3.8, 4) is 0 Å². The van der Waals surface area contributed by atoms with Crippen LogP contribution in [-0.4, -0.2) is 19.9 Å². The van der Waals surface area contributed by atoms with Crippen LogP contribution < -0.4 is 11.2 Å². The van der Waals surface area contributed by atoms with Gasteiger partial charge in [0.05, 0.1) is 11.9 Å². The number of halogens is 3. The first kappa shape index (κ1) is 19.5. The Labute approximate surface area is 169 Å². The van der Waals surface area contributed by atoms with E-state index in [2.05, 4.69) is 4.98 Å². The maximum atomic E-state index is 13.3. The lowest BCUT2D eigenvalue weighted by atomic mass is 9.48. The molecule has 2 aromatic heterocycles. The highest BCUT2D eigenvalue weighted by Gasteiger charge is 2.54. The number of carbonyl (C=O) groups is 1. The summed E-state index contributed by atoms with van der Waals surface area (Å²) >= 11 is 0. The summed E-state index contributed by atoms with van der Waals surface area (Å²) in [5.74, 6) is 1.53. The average Bonchev–Trinajstić information content (AvgIpc) is 2.67. The highest BCUT2D eigenvalue weighted by molar-refractivity contribution is 5.85. The molecule has 0 saturated heterocycles. The molecule has 160 valence electrons. The Bertz CT molecular complexity index is 1140. The topological polar surface area (TPSA) is 74.0 Å². The molecule has 4 bridgehead atoms. The van der Waals surface area contributed by atoms with Crippen LogP contribution in [0, 0.1) is 23.2 Å². The van der Waals surface area contributed by atoms with Crippen LogP contribution in [0.15, 0.2) is 21.7 Å². The zero-order valence-corrected chi connectivity index (χ0v) is 16.5. The lowest BCUT2D eigenvalue weighted by molar-refractivity contribution is -0.144. The summed E-state index contributed by atoms with van der Waals surface area (Å²) in [5, 5.41) is -0.108. The summed E-state index contributed by atoms with van der Waals surface area (Å²) in [6, 6.07) is 1.75. The smallest absolute Gasteiger partial charge is 0.297 e. The van der Waals surface area contributed by atoms with Gasteiger partial charge in [-0.25, -0.2) is 9.78 Å². The third kappa shape index (κ3) is 2.85. The third-order valence-electron chi connectivity index (χ3n) is 7.41. The fraction of sp³-hybridized carbons (Fsp3) is 0.619. The van der Waals surface area contributed by atoms with E-state index in [9.17, 15) is 27.6 Å². The molecular formula is C21H22F3N3O3. The number of pyridine rings is 1. The first-order valence-electron chi connectivity index (χ1n) is 10.3. The molecule has 6 nitrogen and oxygen atoms in total. The maximum absolute atomic E-state index is 13.3. The van der Waals surface area contributed by atoms with E-state index in [1.807, 2.05) is 0 Å². The summed E-state index contributed by atoms with van der Waals surface area (Å²) in [6.45, 7) is -0.339. The number of aryl methyl sites for hydroxylation is 1. The normalized spacial score (nSPS) is 30.2. The van der Waals surface area contributed by atoms with Crippen molar-refractivity contribution in [3.63, 3.8) is 0 Å². The van der Waals surface area contributed by atoms with E-state index in [0.717, 1.165) is 59.8 Å². The van der Waals surface area contributed by atoms with Gasteiger partial charge in [0, 0.05) is 12.5 Å². The SMILES string of the molecule is Cn1c(=O)n(CC(=O)C23CC4CC(CC(C4)C2)C3)c(=O)c2ccc(C(F)(F)F)nc21. The second-order valence-electron chi connectivity index (χ2n) is 9.42. The lowest BCUT2D eigenvalue weighted by Gasteiger charge is -2.56. The van der Waals surface area contributed by atoms with Crippen LogP contribution in [0.3, 0.4) is 0 Å². The molecule has 0 aliphatic heterocycles. The number of ketones is 1. The fourth-order valence-corrected chi connectivity index (χ4v) is 6.44. The minimum absolute atomic E-state index is 0.0972. The average molecular weight is 421 g/mol. The van der Waals surface area contributed by atoms with Crippen LogP contribution in [0.25, 0.3) is 11.0 Å². The van der Waals surface area contributed by atoms with Gasteiger partial charge in [-0.15, -0.1) is 0 Å². The highest BCUT2D eigenvalue weighted by Crippen LogP contribution is 2.60. The Morgan fingerprint density at radius 1 is 1.10 bits per heavy atom. The summed E-state index contributed by atoms with van der Waals surface area (Å²) in [7, 11) is 1.27. The van der Waals surface area contributed by atoms with Gasteiger partial charge in [-0.1, -0.05) is 0 Å². The largest absolute Gasteiger partial charge is 0.433 e. The first-order valence-corrected chi connectivity index (χ1v) is 10.3. The van der Waals surface area contributed by atoms with Gasteiger partial charge >= 0.3 is 11.9 Å². The Kier molecular flexibility index (Phi) is 4.08. The standard InChI is InChI=1S/C21H22F3N3O3/c1-26-17-14(2-3-15(25-17)21(22,23)24)18(29)27(19(26)30)10-16(28)20-7-11-4-12(8-20)6-13(5-11)9-20/h2-3,11-13H,4-10H2,1H3. The van der Waals surface area contributed by atoms with E-state index in [4.69, 9.17) is 0 Å². The lowest BCUT2D eigenvalue weighted by Crippen LogP contribution is -2.52. The summed E-state index contributed by atoms with van der Waals surface area (Å²) in [5.41, 5.74) is -3.57. The van der Waals surface area contributed by atoms with E-state index < -0.39 is 28.5 Å². The van der Waals surface area contributed by atoms with Gasteiger partial charge in [0.1, 0.15) is 11.3 Å². The molecule has 6 rings (SSSR count). The van der Waals surface area contributed by atoms with Crippen molar-refractivity contribution in [2.45, 2.75) is 51.2 Å². The van der Waals surface area contributed by atoms with E-state index in [0.29, 0.717) is 17.8 Å². The number of nitrogens with zero attached hydrogens (tertiary/aromatic N) is 3. The predicted molar refractivity (Wildman–Crippen MR) is 102 cm³/mol. The predicted octanol–water partition coefficient (Wildman–Crippen LogP) is 2.90. The Hall–Kier alpha value is -2.45. The van der Waals surface area contributed by atoms with Crippen LogP contribution in [-0.2, 0) is 24.6 Å². The fourth-order valence-electron chi connectivity index (χ4n) is 6.44. The second kappa shape index (κ2) is 6.28. The molecule has 4 saturated carbocycles. The molecular weight excluding hydrogens is 399 g/mol. The number of fused-ring (bicyclic) bond motifs is 1. The van der Waals surface area contributed by atoms with Gasteiger partial charge < -0.3 is 0 Å². The highest BCUT2D eigenvalue weighted by atomic mass is 19.4. The minimum atomic E-state index is -4.69.